The van der Waals surface area contributed by atoms with Crippen molar-refractivity contribution in [1.29, 1.82) is 0 Å². The summed E-state index contributed by atoms with van der Waals surface area (Å²) < 4.78 is 0. The van der Waals surface area contributed by atoms with Gasteiger partial charge in [-0.2, -0.15) is 0 Å². The first-order chi connectivity index (χ1) is 11.2. The van der Waals surface area contributed by atoms with Crippen molar-refractivity contribution in [2.75, 3.05) is 18.0 Å². The number of rotatable bonds is 2. The van der Waals surface area contributed by atoms with Gasteiger partial charge in [-0.15, -0.1) is 0 Å². The van der Waals surface area contributed by atoms with Crippen molar-refractivity contribution in [2.45, 2.75) is 20.3 Å². The molecule has 0 saturated carbocycles. The molecule has 0 aliphatic carbocycles. The van der Waals surface area contributed by atoms with Crippen LogP contribution in [0.25, 0.3) is 22.3 Å². The second kappa shape index (κ2) is 5.65. The fraction of sp³-hybridized carbons (Fsp3) is 0.389. The molecule has 3 aromatic rings. The molecule has 118 valence electrons. The number of hydrogen-bond acceptors (Lipinski definition) is 4. The van der Waals surface area contributed by atoms with Gasteiger partial charge in [0.1, 0.15) is 12.0 Å². The van der Waals surface area contributed by atoms with E-state index >= 15 is 0 Å². The fourth-order valence-corrected chi connectivity index (χ4v) is 3.81. The highest BCUT2D eigenvalue weighted by Gasteiger charge is 2.24. The summed E-state index contributed by atoms with van der Waals surface area (Å²) in [6, 6.07) is 4.08. The third-order valence-electron chi connectivity index (χ3n) is 4.62. The van der Waals surface area contributed by atoms with Crippen LogP contribution in [0.4, 0.5) is 5.69 Å². The van der Waals surface area contributed by atoms with Gasteiger partial charge in [-0.3, -0.25) is 0 Å². The smallest absolute Gasteiger partial charge is 0.140 e. The van der Waals surface area contributed by atoms with Crippen LogP contribution < -0.4 is 4.90 Å². The zero-order chi connectivity index (χ0) is 15.8. The summed E-state index contributed by atoms with van der Waals surface area (Å²) in [5, 5.41) is 1.16. The van der Waals surface area contributed by atoms with Crippen LogP contribution in [0, 0.1) is 11.8 Å². The van der Waals surface area contributed by atoms with Crippen molar-refractivity contribution < 1.29 is 0 Å². The van der Waals surface area contributed by atoms with E-state index in [1.54, 1.807) is 12.5 Å². The molecule has 0 radical (unpaired) electrons. The largest absolute Gasteiger partial charge is 0.370 e. The summed E-state index contributed by atoms with van der Waals surface area (Å²) in [6.07, 6.45) is 8.57. The van der Waals surface area contributed by atoms with Gasteiger partial charge in [0, 0.05) is 42.9 Å². The first kappa shape index (κ1) is 14.2. The van der Waals surface area contributed by atoms with Gasteiger partial charge in [-0.05, 0) is 30.4 Å². The minimum absolute atomic E-state index is 0.711. The van der Waals surface area contributed by atoms with E-state index in [4.69, 9.17) is 0 Å². The highest BCUT2D eigenvalue weighted by Crippen LogP contribution is 2.36. The highest BCUT2D eigenvalue weighted by atomic mass is 15.1. The Labute approximate surface area is 135 Å². The maximum absolute atomic E-state index is 4.50. The maximum atomic E-state index is 4.50. The number of nitrogens with zero attached hydrogens (tertiary/aromatic N) is 4. The van der Waals surface area contributed by atoms with Crippen molar-refractivity contribution in [1.82, 2.24) is 19.9 Å². The van der Waals surface area contributed by atoms with Crippen LogP contribution in [0.3, 0.4) is 0 Å². The molecular formula is C18H21N5. The third-order valence-corrected chi connectivity index (χ3v) is 4.62. The lowest BCUT2D eigenvalue weighted by Crippen LogP contribution is -2.38. The molecular weight excluding hydrogens is 286 g/mol. The SMILES string of the molecule is CC1CC(C)CN(c2ccnc3[nH]cc(-c4ccncn4)c23)C1. The average molecular weight is 307 g/mol. The maximum Gasteiger partial charge on any atom is 0.140 e. The van der Waals surface area contributed by atoms with E-state index in [1.165, 1.54) is 12.1 Å². The molecule has 3 aromatic heterocycles. The molecule has 5 nitrogen and oxygen atoms in total. The van der Waals surface area contributed by atoms with Crippen molar-refractivity contribution >= 4 is 16.7 Å². The summed E-state index contributed by atoms with van der Waals surface area (Å²) in [6.45, 7) is 6.86. The summed E-state index contributed by atoms with van der Waals surface area (Å²) in [4.78, 5) is 18.7. The first-order valence-electron chi connectivity index (χ1n) is 8.20. The van der Waals surface area contributed by atoms with Crippen LogP contribution >= 0.6 is 0 Å². The highest BCUT2D eigenvalue weighted by molar-refractivity contribution is 6.01. The molecule has 5 heteroatoms. The molecule has 0 spiro atoms. The molecule has 0 bridgehead atoms. The van der Waals surface area contributed by atoms with Crippen LogP contribution in [0.15, 0.2) is 37.1 Å². The minimum Gasteiger partial charge on any atom is -0.370 e. The van der Waals surface area contributed by atoms with E-state index in [2.05, 4.69) is 44.7 Å². The Hall–Kier alpha value is -2.43. The number of pyridine rings is 1. The van der Waals surface area contributed by atoms with Gasteiger partial charge >= 0.3 is 0 Å². The zero-order valence-corrected chi connectivity index (χ0v) is 13.5. The van der Waals surface area contributed by atoms with Crippen LogP contribution in [0.5, 0.6) is 0 Å². The van der Waals surface area contributed by atoms with E-state index in [1.807, 2.05) is 18.5 Å². The van der Waals surface area contributed by atoms with E-state index in [9.17, 15) is 0 Å². The Morgan fingerprint density at radius 2 is 1.91 bits per heavy atom. The second-order valence-electron chi connectivity index (χ2n) is 6.70. The van der Waals surface area contributed by atoms with Gasteiger partial charge in [0.2, 0.25) is 0 Å². The average Bonchev–Trinajstić information content (AvgIpc) is 2.99. The zero-order valence-electron chi connectivity index (χ0n) is 13.5. The van der Waals surface area contributed by atoms with E-state index in [-0.39, 0.29) is 0 Å². The predicted molar refractivity (Wildman–Crippen MR) is 92.3 cm³/mol. The number of aromatic amines is 1. The fourth-order valence-electron chi connectivity index (χ4n) is 3.81. The third kappa shape index (κ3) is 2.56. The predicted octanol–water partition coefficient (Wildman–Crippen LogP) is 3.50. The van der Waals surface area contributed by atoms with Gasteiger partial charge in [0.15, 0.2) is 0 Å². The summed E-state index contributed by atoms with van der Waals surface area (Å²) >= 11 is 0. The molecule has 1 aliphatic rings. The Morgan fingerprint density at radius 3 is 2.65 bits per heavy atom. The summed E-state index contributed by atoms with van der Waals surface area (Å²) in [5.41, 5.74) is 4.19. The number of nitrogens with one attached hydrogen (secondary N) is 1. The molecule has 1 saturated heterocycles. The van der Waals surface area contributed by atoms with Crippen molar-refractivity contribution in [3.05, 3.63) is 37.1 Å². The number of fused-ring (bicyclic) bond motifs is 1. The Kier molecular flexibility index (Phi) is 3.48. The molecule has 1 N–H and O–H groups in total. The van der Waals surface area contributed by atoms with Gasteiger partial charge in [-0.25, -0.2) is 15.0 Å². The van der Waals surface area contributed by atoms with E-state index < -0.39 is 0 Å². The lowest BCUT2D eigenvalue weighted by molar-refractivity contribution is 0.357. The van der Waals surface area contributed by atoms with Crippen LogP contribution in [0.1, 0.15) is 20.3 Å². The number of aromatic nitrogens is 4. The first-order valence-corrected chi connectivity index (χ1v) is 8.20. The van der Waals surface area contributed by atoms with Crippen LogP contribution in [-0.4, -0.2) is 33.0 Å². The molecule has 0 aromatic carbocycles. The Bertz CT molecular complexity index is 801. The quantitative estimate of drug-likeness (QED) is 0.787. The molecule has 2 atom stereocenters. The molecule has 4 rings (SSSR count). The van der Waals surface area contributed by atoms with E-state index in [0.717, 1.165) is 35.4 Å². The lowest BCUT2D eigenvalue weighted by atomic mass is 9.91. The van der Waals surface area contributed by atoms with Gasteiger partial charge < -0.3 is 9.88 Å². The van der Waals surface area contributed by atoms with Gasteiger partial charge in [-0.1, -0.05) is 13.8 Å². The number of hydrogen-bond donors (Lipinski definition) is 1. The van der Waals surface area contributed by atoms with Crippen molar-refractivity contribution in [3.8, 4) is 11.3 Å². The topological polar surface area (TPSA) is 57.7 Å². The van der Waals surface area contributed by atoms with Crippen LogP contribution in [-0.2, 0) is 0 Å². The number of piperidine rings is 1. The second-order valence-corrected chi connectivity index (χ2v) is 6.70. The standard InChI is InChI=1S/C18H21N5/c1-12-7-13(2)10-23(9-12)16-4-6-20-18-17(16)14(8-21-18)15-3-5-19-11-22-15/h3-6,8,11-13H,7,9-10H2,1-2H3,(H,20,21). The van der Waals surface area contributed by atoms with Gasteiger partial charge in [0.05, 0.1) is 11.1 Å². The van der Waals surface area contributed by atoms with Gasteiger partial charge in [0.25, 0.3) is 0 Å². The lowest BCUT2D eigenvalue weighted by Gasteiger charge is -2.37. The molecule has 2 unspecified atom stereocenters. The van der Waals surface area contributed by atoms with Crippen LogP contribution in [0.2, 0.25) is 0 Å². The Morgan fingerprint density at radius 1 is 1.09 bits per heavy atom. The normalized spacial score (nSPS) is 21.7. The Balaban J connectivity index is 1.85. The molecule has 1 aliphatic heterocycles. The van der Waals surface area contributed by atoms with Crippen molar-refractivity contribution in [3.63, 3.8) is 0 Å². The molecule has 1 fully saturated rings. The summed E-state index contributed by atoms with van der Waals surface area (Å²) in [7, 11) is 0. The minimum atomic E-state index is 0.711. The number of H-pyrrole nitrogens is 1. The summed E-state index contributed by atoms with van der Waals surface area (Å²) in [5.74, 6) is 1.42. The van der Waals surface area contributed by atoms with E-state index in [0.29, 0.717) is 11.8 Å². The monoisotopic (exact) mass is 307 g/mol. The number of anilines is 1. The molecule has 0 amide bonds. The van der Waals surface area contributed by atoms with Crippen molar-refractivity contribution in [2.24, 2.45) is 11.8 Å². The molecule has 4 heterocycles. The molecule has 23 heavy (non-hydrogen) atoms.